The molecule has 6 heteroatoms. The van der Waals surface area contributed by atoms with E-state index in [0.717, 1.165) is 19.6 Å². The minimum atomic E-state index is -0.922. The fourth-order valence-corrected chi connectivity index (χ4v) is 1.34. The lowest BCUT2D eigenvalue weighted by Gasteiger charge is -2.23. The van der Waals surface area contributed by atoms with Crippen LogP contribution in [0.2, 0.25) is 0 Å². The second kappa shape index (κ2) is 9.11. The van der Waals surface area contributed by atoms with Gasteiger partial charge in [0.25, 0.3) is 6.47 Å². The summed E-state index contributed by atoms with van der Waals surface area (Å²) >= 11 is 0. The second-order valence-electron chi connectivity index (χ2n) is 3.37. The Hall–Kier alpha value is -1.14. The first kappa shape index (κ1) is 14.9. The van der Waals surface area contributed by atoms with Crippen molar-refractivity contribution in [2.45, 2.75) is 13.8 Å². The van der Waals surface area contributed by atoms with Crippen molar-refractivity contribution in [3.63, 3.8) is 0 Å². The number of nitrogens with zero attached hydrogens (tertiary/aromatic N) is 2. The van der Waals surface area contributed by atoms with Crippen LogP contribution in [0.25, 0.3) is 0 Å². The minimum Gasteiger partial charge on any atom is -0.480 e. The molecule has 0 unspecified atom stereocenters. The molecule has 16 heavy (non-hydrogen) atoms. The molecule has 0 aromatic rings. The van der Waals surface area contributed by atoms with Gasteiger partial charge in [-0.15, -0.1) is 0 Å². The van der Waals surface area contributed by atoms with E-state index in [1.54, 1.807) is 4.90 Å². The van der Waals surface area contributed by atoms with E-state index in [-0.39, 0.29) is 13.3 Å². The van der Waals surface area contributed by atoms with E-state index in [1.165, 1.54) is 0 Å². The molecule has 0 aliphatic heterocycles. The van der Waals surface area contributed by atoms with Crippen molar-refractivity contribution >= 4 is 12.4 Å². The molecule has 0 bridgehead atoms. The van der Waals surface area contributed by atoms with Crippen LogP contribution in [0.3, 0.4) is 0 Å². The Balaban J connectivity index is 3.98. The van der Waals surface area contributed by atoms with E-state index >= 15 is 0 Å². The van der Waals surface area contributed by atoms with Crippen molar-refractivity contribution in [3.8, 4) is 0 Å². The Morgan fingerprint density at radius 1 is 1.25 bits per heavy atom. The molecule has 0 radical (unpaired) electrons. The van der Waals surface area contributed by atoms with Crippen LogP contribution in [0.4, 0.5) is 0 Å². The number of aliphatic carboxylic acids is 1. The molecule has 0 saturated carbocycles. The first-order chi connectivity index (χ1) is 7.63. The predicted octanol–water partition coefficient (Wildman–Crippen LogP) is -0.155. The molecule has 94 valence electrons. The van der Waals surface area contributed by atoms with Crippen molar-refractivity contribution in [2.75, 3.05) is 39.5 Å². The maximum absolute atomic E-state index is 10.6. The largest absolute Gasteiger partial charge is 0.480 e. The van der Waals surface area contributed by atoms with Gasteiger partial charge in [-0.1, -0.05) is 13.8 Å². The van der Waals surface area contributed by atoms with Gasteiger partial charge >= 0.3 is 5.97 Å². The third-order valence-corrected chi connectivity index (χ3v) is 2.31. The monoisotopic (exact) mass is 232 g/mol. The van der Waals surface area contributed by atoms with Crippen LogP contribution in [0, 0.1) is 0 Å². The maximum atomic E-state index is 10.6. The number of hydrogen-bond donors (Lipinski definition) is 1. The summed E-state index contributed by atoms with van der Waals surface area (Å²) in [5, 5.41) is 8.66. The zero-order chi connectivity index (χ0) is 12.4. The van der Waals surface area contributed by atoms with Crippen molar-refractivity contribution in [1.82, 2.24) is 9.80 Å². The molecule has 0 aromatic heterocycles. The standard InChI is InChI=1S/C10H20N2O4/c1-3-11(4-2)5-6-12(7-10(14)15)8-16-9-13/h9H,3-8H2,1-2H3,(H,14,15). The number of rotatable bonds is 10. The van der Waals surface area contributed by atoms with Gasteiger partial charge in [0.05, 0.1) is 6.54 Å². The molecule has 1 N–H and O–H groups in total. The molecule has 0 fully saturated rings. The summed E-state index contributed by atoms with van der Waals surface area (Å²) in [6.07, 6.45) is 0. The number of carbonyl (C=O) groups is 2. The fourth-order valence-electron chi connectivity index (χ4n) is 1.34. The van der Waals surface area contributed by atoms with Gasteiger partial charge in [-0.05, 0) is 13.1 Å². The minimum absolute atomic E-state index is 0.0249. The molecule has 0 aliphatic rings. The van der Waals surface area contributed by atoms with E-state index in [4.69, 9.17) is 5.11 Å². The maximum Gasteiger partial charge on any atom is 0.317 e. The van der Waals surface area contributed by atoms with Crippen LogP contribution in [0.5, 0.6) is 0 Å². The fraction of sp³-hybridized carbons (Fsp3) is 0.800. The zero-order valence-electron chi connectivity index (χ0n) is 9.89. The number of carboxylic acids is 1. The van der Waals surface area contributed by atoms with Crippen molar-refractivity contribution in [2.24, 2.45) is 0 Å². The summed E-state index contributed by atoms with van der Waals surface area (Å²) in [7, 11) is 0. The summed E-state index contributed by atoms with van der Waals surface area (Å²) < 4.78 is 4.56. The van der Waals surface area contributed by atoms with Gasteiger partial charge < -0.3 is 14.7 Å². The smallest absolute Gasteiger partial charge is 0.317 e. The average molecular weight is 232 g/mol. The van der Waals surface area contributed by atoms with Gasteiger partial charge in [0.2, 0.25) is 0 Å². The highest BCUT2D eigenvalue weighted by atomic mass is 16.5. The molecule has 0 rings (SSSR count). The molecule has 0 saturated heterocycles. The zero-order valence-corrected chi connectivity index (χ0v) is 9.89. The lowest BCUT2D eigenvalue weighted by Crippen LogP contribution is -2.38. The topological polar surface area (TPSA) is 70.1 Å². The van der Waals surface area contributed by atoms with E-state index in [0.29, 0.717) is 13.0 Å². The van der Waals surface area contributed by atoms with E-state index in [2.05, 4.69) is 9.64 Å². The van der Waals surface area contributed by atoms with Gasteiger partial charge in [-0.2, -0.15) is 0 Å². The SMILES string of the molecule is CCN(CC)CCN(COC=O)CC(=O)O. The highest BCUT2D eigenvalue weighted by molar-refractivity contribution is 5.69. The highest BCUT2D eigenvalue weighted by Gasteiger charge is 2.11. The predicted molar refractivity (Wildman–Crippen MR) is 59.0 cm³/mol. The Morgan fingerprint density at radius 2 is 1.81 bits per heavy atom. The third kappa shape index (κ3) is 7.19. The quantitative estimate of drug-likeness (QED) is 0.417. The number of ether oxygens (including phenoxy) is 1. The summed E-state index contributed by atoms with van der Waals surface area (Å²) in [4.78, 5) is 24.4. The summed E-state index contributed by atoms with van der Waals surface area (Å²) in [5.41, 5.74) is 0. The van der Waals surface area contributed by atoms with E-state index in [1.807, 2.05) is 13.8 Å². The van der Waals surface area contributed by atoms with Crippen molar-refractivity contribution in [1.29, 1.82) is 0 Å². The van der Waals surface area contributed by atoms with Gasteiger partial charge in [0, 0.05) is 13.1 Å². The Bertz CT molecular complexity index is 207. The molecule has 0 aliphatic carbocycles. The van der Waals surface area contributed by atoms with Crippen molar-refractivity contribution in [3.05, 3.63) is 0 Å². The van der Waals surface area contributed by atoms with E-state index in [9.17, 15) is 9.59 Å². The van der Waals surface area contributed by atoms with Gasteiger partial charge in [0.1, 0.15) is 6.73 Å². The van der Waals surface area contributed by atoms with Crippen LogP contribution < -0.4 is 0 Å². The molecule has 6 nitrogen and oxygen atoms in total. The van der Waals surface area contributed by atoms with Crippen LogP contribution in [-0.4, -0.2) is 66.8 Å². The van der Waals surface area contributed by atoms with E-state index < -0.39 is 5.97 Å². The van der Waals surface area contributed by atoms with Gasteiger partial charge in [0.15, 0.2) is 0 Å². The summed E-state index contributed by atoms with van der Waals surface area (Å²) in [5.74, 6) is -0.922. The molecular formula is C10H20N2O4. The van der Waals surface area contributed by atoms with Gasteiger partial charge in [-0.25, -0.2) is 0 Å². The molecule has 0 atom stereocenters. The first-order valence-electron chi connectivity index (χ1n) is 5.35. The number of hydrogen-bond acceptors (Lipinski definition) is 5. The Morgan fingerprint density at radius 3 is 2.25 bits per heavy atom. The molecule has 0 spiro atoms. The first-order valence-corrected chi connectivity index (χ1v) is 5.35. The molecule has 0 amide bonds. The van der Waals surface area contributed by atoms with Crippen LogP contribution in [0.15, 0.2) is 0 Å². The Kier molecular flexibility index (Phi) is 8.46. The highest BCUT2D eigenvalue weighted by Crippen LogP contribution is 1.92. The number of likely N-dealkylation sites (N-methyl/N-ethyl adjacent to an activating group) is 1. The second-order valence-corrected chi connectivity index (χ2v) is 3.37. The van der Waals surface area contributed by atoms with Crippen molar-refractivity contribution < 1.29 is 19.4 Å². The lowest BCUT2D eigenvalue weighted by molar-refractivity contribution is -0.143. The van der Waals surface area contributed by atoms with Crippen LogP contribution in [0.1, 0.15) is 13.8 Å². The Labute approximate surface area is 95.8 Å². The molecule has 0 heterocycles. The number of carbonyl (C=O) groups excluding carboxylic acids is 1. The van der Waals surface area contributed by atoms with Crippen LogP contribution in [-0.2, 0) is 14.3 Å². The average Bonchev–Trinajstić information content (AvgIpc) is 2.26. The molecule has 0 aromatic carbocycles. The summed E-state index contributed by atoms with van der Waals surface area (Å²) in [6, 6.07) is 0. The van der Waals surface area contributed by atoms with Crippen LogP contribution >= 0.6 is 0 Å². The molecular weight excluding hydrogens is 212 g/mol. The normalized spacial score (nSPS) is 10.8. The number of carboxylic acid groups (broad SMARTS) is 1. The third-order valence-electron chi connectivity index (χ3n) is 2.31. The lowest BCUT2D eigenvalue weighted by atomic mass is 10.4. The van der Waals surface area contributed by atoms with Gasteiger partial charge in [-0.3, -0.25) is 14.5 Å². The summed E-state index contributed by atoms with van der Waals surface area (Å²) in [6.45, 7) is 7.51.